The van der Waals surface area contributed by atoms with Crippen molar-refractivity contribution in [3.8, 4) is 0 Å². The molecule has 0 saturated heterocycles. The second-order valence-electron chi connectivity index (χ2n) is 4.22. The van der Waals surface area contributed by atoms with Gasteiger partial charge in [0, 0.05) is 9.50 Å². The smallest absolute Gasteiger partial charge is 0.250 e. The van der Waals surface area contributed by atoms with Crippen LogP contribution in [0.15, 0.2) is 46.9 Å². The number of hydrogen-bond donors (Lipinski definition) is 1. The summed E-state index contributed by atoms with van der Waals surface area (Å²) in [4.78, 5) is 13.9. The number of nitrogens with zero attached hydrogens (tertiary/aromatic N) is 1. The molecule has 0 atom stereocenters. The Bertz CT molecular complexity index is 660. The molecule has 96 valence electrons. The summed E-state index contributed by atoms with van der Waals surface area (Å²) in [7, 11) is 0. The van der Waals surface area contributed by atoms with Gasteiger partial charge in [-0.15, -0.1) is 0 Å². The zero-order chi connectivity index (χ0) is 13.4. The zero-order valence-electron chi connectivity index (χ0n) is 9.86. The fraction of sp³-hybridized carbons (Fsp3) is 0.0714. The van der Waals surface area contributed by atoms with Crippen molar-refractivity contribution >= 4 is 50.5 Å². The number of carbonyl (C=O) groups is 1. The van der Waals surface area contributed by atoms with E-state index in [2.05, 4.69) is 21.2 Å². The maximum Gasteiger partial charge on any atom is 0.250 e. The number of nitrogens with one attached hydrogen (secondary N) is 1. The van der Waals surface area contributed by atoms with E-state index in [1.807, 2.05) is 30.3 Å². The maximum atomic E-state index is 12.2. The predicted octanol–water partition coefficient (Wildman–Crippen LogP) is 4.19. The van der Waals surface area contributed by atoms with E-state index in [-0.39, 0.29) is 12.5 Å². The molecule has 0 aromatic heterocycles. The van der Waals surface area contributed by atoms with Gasteiger partial charge < -0.3 is 5.32 Å². The van der Waals surface area contributed by atoms with E-state index >= 15 is 0 Å². The number of anilines is 3. The molecule has 2 aromatic rings. The lowest BCUT2D eigenvalue weighted by Crippen LogP contribution is -2.36. The Hall–Kier alpha value is -1.52. The molecule has 1 heterocycles. The molecular formula is C14H10BrClN2O. The van der Waals surface area contributed by atoms with Crippen molar-refractivity contribution in [2.75, 3.05) is 16.8 Å². The summed E-state index contributed by atoms with van der Waals surface area (Å²) in [6.45, 7) is 0.279. The topological polar surface area (TPSA) is 32.3 Å². The van der Waals surface area contributed by atoms with E-state index in [0.29, 0.717) is 5.02 Å². The molecule has 0 saturated carbocycles. The van der Waals surface area contributed by atoms with Crippen molar-refractivity contribution in [1.82, 2.24) is 0 Å². The first-order valence-corrected chi connectivity index (χ1v) is 6.94. The van der Waals surface area contributed by atoms with Gasteiger partial charge >= 0.3 is 0 Å². The molecule has 0 fully saturated rings. The summed E-state index contributed by atoms with van der Waals surface area (Å²) in [5.41, 5.74) is 2.54. The Morgan fingerprint density at radius 3 is 2.84 bits per heavy atom. The molecule has 0 radical (unpaired) electrons. The Morgan fingerprint density at radius 1 is 1.21 bits per heavy atom. The second-order valence-corrected chi connectivity index (χ2v) is 5.58. The number of hydrogen-bond acceptors (Lipinski definition) is 2. The first-order valence-electron chi connectivity index (χ1n) is 5.77. The average Bonchev–Trinajstić information content (AvgIpc) is 2.38. The van der Waals surface area contributed by atoms with Gasteiger partial charge in [0.2, 0.25) is 0 Å². The van der Waals surface area contributed by atoms with Crippen LogP contribution in [0.25, 0.3) is 0 Å². The predicted molar refractivity (Wildman–Crippen MR) is 81.2 cm³/mol. The van der Waals surface area contributed by atoms with Gasteiger partial charge in [-0.3, -0.25) is 9.69 Å². The van der Waals surface area contributed by atoms with Gasteiger partial charge in [0.25, 0.3) is 5.91 Å². The van der Waals surface area contributed by atoms with Gasteiger partial charge in [0.1, 0.15) is 0 Å². The highest BCUT2D eigenvalue weighted by Crippen LogP contribution is 2.37. The quantitative estimate of drug-likeness (QED) is 0.846. The average molecular weight is 338 g/mol. The van der Waals surface area contributed by atoms with Gasteiger partial charge in [-0.1, -0.05) is 33.6 Å². The van der Waals surface area contributed by atoms with Crippen LogP contribution < -0.4 is 10.2 Å². The van der Waals surface area contributed by atoms with Crippen molar-refractivity contribution in [3.63, 3.8) is 0 Å². The molecular weight excluding hydrogens is 328 g/mol. The lowest BCUT2D eigenvalue weighted by molar-refractivity contribution is -0.116. The van der Waals surface area contributed by atoms with E-state index in [4.69, 9.17) is 11.6 Å². The number of rotatable bonds is 1. The van der Waals surface area contributed by atoms with Crippen LogP contribution in [0, 0.1) is 0 Å². The summed E-state index contributed by atoms with van der Waals surface area (Å²) in [5, 5.41) is 3.72. The van der Waals surface area contributed by atoms with Crippen molar-refractivity contribution in [2.45, 2.75) is 0 Å². The third-order valence-corrected chi connectivity index (χ3v) is 3.67. The summed E-state index contributed by atoms with van der Waals surface area (Å²) < 4.78 is 0.926. The molecule has 19 heavy (non-hydrogen) atoms. The number of fused-ring (bicyclic) bond motifs is 1. The minimum Gasteiger partial charge on any atom is -0.374 e. The number of halogens is 2. The van der Waals surface area contributed by atoms with E-state index in [9.17, 15) is 4.79 Å². The molecule has 0 unspecified atom stereocenters. The molecule has 3 nitrogen and oxygen atoms in total. The van der Waals surface area contributed by atoms with Crippen molar-refractivity contribution in [1.29, 1.82) is 0 Å². The Kier molecular flexibility index (Phi) is 3.21. The van der Waals surface area contributed by atoms with E-state index in [1.54, 1.807) is 17.0 Å². The molecule has 1 aliphatic heterocycles. The van der Waals surface area contributed by atoms with Crippen LogP contribution in [-0.4, -0.2) is 12.5 Å². The zero-order valence-corrected chi connectivity index (χ0v) is 12.2. The van der Waals surface area contributed by atoms with Crippen LogP contribution in [-0.2, 0) is 4.79 Å². The summed E-state index contributed by atoms with van der Waals surface area (Å²) >= 11 is 9.44. The highest BCUT2D eigenvalue weighted by molar-refractivity contribution is 9.10. The van der Waals surface area contributed by atoms with Crippen LogP contribution in [0.1, 0.15) is 0 Å². The van der Waals surface area contributed by atoms with E-state index in [0.717, 1.165) is 21.5 Å². The standard InChI is InChI=1S/C14H10BrClN2O/c15-9-4-5-12-13(6-9)18(14(19)8-17-12)11-3-1-2-10(16)7-11/h1-7,17H,8H2. The lowest BCUT2D eigenvalue weighted by atomic mass is 10.1. The fourth-order valence-electron chi connectivity index (χ4n) is 2.12. The van der Waals surface area contributed by atoms with Crippen LogP contribution in [0.4, 0.5) is 17.1 Å². The fourth-order valence-corrected chi connectivity index (χ4v) is 2.66. The minimum absolute atomic E-state index is 0.00660. The molecule has 3 rings (SSSR count). The Labute approximate surface area is 124 Å². The number of carbonyl (C=O) groups excluding carboxylic acids is 1. The summed E-state index contributed by atoms with van der Waals surface area (Å²) in [6.07, 6.45) is 0. The Morgan fingerprint density at radius 2 is 2.05 bits per heavy atom. The molecule has 0 spiro atoms. The van der Waals surface area contributed by atoms with Crippen molar-refractivity contribution in [2.24, 2.45) is 0 Å². The van der Waals surface area contributed by atoms with Crippen LogP contribution in [0.3, 0.4) is 0 Å². The SMILES string of the molecule is O=C1CNc2ccc(Br)cc2N1c1cccc(Cl)c1. The highest BCUT2D eigenvalue weighted by atomic mass is 79.9. The number of benzene rings is 2. The molecule has 1 N–H and O–H groups in total. The summed E-state index contributed by atoms with van der Waals surface area (Å²) in [6, 6.07) is 13.1. The first-order chi connectivity index (χ1) is 9.15. The van der Waals surface area contributed by atoms with Crippen LogP contribution in [0.2, 0.25) is 5.02 Å². The minimum atomic E-state index is -0.00660. The van der Waals surface area contributed by atoms with Crippen LogP contribution >= 0.6 is 27.5 Å². The van der Waals surface area contributed by atoms with Crippen molar-refractivity contribution in [3.05, 3.63) is 52.0 Å². The van der Waals surface area contributed by atoms with Gasteiger partial charge in [-0.25, -0.2) is 0 Å². The number of amides is 1. The molecule has 1 amide bonds. The van der Waals surface area contributed by atoms with Crippen LogP contribution in [0.5, 0.6) is 0 Å². The first kappa shape index (κ1) is 12.5. The lowest BCUT2D eigenvalue weighted by Gasteiger charge is -2.30. The third-order valence-electron chi connectivity index (χ3n) is 2.95. The molecule has 0 aliphatic carbocycles. The van der Waals surface area contributed by atoms with E-state index < -0.39 is 0 Å². The van der Waals surface area contributed by atoms with Gasteiger partial charge in [0.05, 0.1) is 23.6 Å². The van der Waals surface area contributed by atoms with Gasteiger partial charge in [-0.2, -0.15) is 0 Å². The highest BCUT2D eigenvalue weighted by Gasteiger charge is 2.25. The second kappa shape index (κ2) is 4.87. The molecule has 2 aromatic carbocycles. The third kappa shape index (κ3) is 2.33. The Balaban J connectivity index is 2.15. The van der Waals surface area contributed by atoms with Gasteiger partial charge in [0.15, 0.2) is 0 Å². The van der Waals surface area contributed by atoms with E-state index in [1.165, 1.54) is 0 Å². The van der Waals surface area contributed by atoms with Gasteiger partial charge in [-0.05, 0) is 36.4 Å². The largest absolute Gasteiger partial charge is 0.374 e. The normalized spacial score (nSPS) is 14.0. The maximum absolute atomic E-state index is 12.2. The molecule has 5 heteroatoms. The summed E-state index contributed by atoms with van der Waals surface area (Å²) in [5.74, 6) is -0.00660. The monoisotopic (exact) mass is 336 g/mol. The van der Waals surface area contributed by atoms with Crippen molar-refractivity contribution < 1.29 is 4.79 Å². The molecule has 1 aliphatic rings. The molecule has 0 bridgehead atoms.